The van der Waals surface area contributed by atoms with Gasteiger partial charge in [-0.25, -0.2) is 0 Å². The summed E-state index contributed by atoms with van der Waals surface area (Å²) >= 11 is 3.37. The number of halogens is 1. The van der Waals surface area contributed by atoms with E-state index in [0.717, 1.165) is 21.2 Å². The van der Waals surface area contributed by atoms with Crippen LogP contribution in [0, 0.1) is 25.2 Å². The average Bonchev–Trinajstić information content (AvgIpc) is 2.44. The molecule has 0 bridgehead atoms. The van der Waals surface area contributed by atoms with E-state index >= 15 is 0 Å². The molecule has 0 saturated heterocycles. The molecule has 100 valence electrons. The number of rotatable bonds is 3. The van der Waals surface area contributed by atoms with Crippen molar-refractivity contribution in [3.63, 3.8) is 0 Å². The maximum absolute atomic E-state index is 12.6. The minimum atomic E-state index is -0.761. The van der Waals surface area contributed by atoms with Gasteiger partial charge in [0.2, 0.25) is 0 Å². The van der Waals surface area contributed by atoms with Gasteiger partial charge in [-0.15, -0.1) is 0 Å². The highest BCUT2D eigenvalue weighted by molar-refractivity contribution is 9.10. The van der Waals surface area contributed by atoms with Crippen LogP contribution < -0.4 is 0 Å². The standard InChI is InChI=1S/C17H14BrNO/c1-11-3-6-13(7-4-11)16(10-19)17(20)15-9-14(18)8-5-12(15)2/h3-9,16H,1-2H3. The number of aryl methyl sites for hydroxylation is 2. The molecule has 0 saturated carbocycles. The lowest BCUT2D eigenvalue weighted by Gasteiger charge is -2.11. The Hall–Kier alpha value is -1.92. The van der Waals surface area contributed by atoms with Crippen molar-refractivity contribution in [2.24, 2.45) is 0 Å². The van der Waals surface area contributed by atoms with Crippen molar-refractivity contribution in [1.82, 2.24) is 0 Å². The summed E-state index contributed by atoms with van der Waals surface area (Å²) in [6, 6.07) is 15.2. The third-order valence-corrected chi connectivity index (χ3v) is 3.76. The first-order valence-electron chi connectivity index (χ1n) is 6.29. The second-order valence-electron chi connectivity index (χ2n) is 4.80. The summed E-state index contributed by atoms with van der Waals surface area (Å²) in [5.41, 5.74) is 3.32. The third kappa shape index (κ3) is 2.97. The first-order chi connectivity index (χ1) is 9.52. The average molecular weight is 328 g/mol. The van der Waals surface area contributed by atoms with Crippen LogP contribution in [-0.2, 0) is 0 Å². The summed E-state index contributed by atoms with van der Waals surface area (Å²) in [5, 5.41) is 9.36. The Kier molecular flexibility index (Phi) is 4.36. The van der Waals surface area contributed by atoms with Crippen LogP contribution in [0.1, 0.15) is 33.0 Å². The number of nitrogens with zero attached hydrogens (tertiary/aromatic N) is 1. The van der Waals surface area contributed by atoms with Crippen molar-refractivity contribution in [3.8, 4) is 6.07 Å². The van der Waals surface area contributed by atoms with Crippen LogP contribution in [0.25, 0.3) is 0 Å². The van der Waals surface area contributed by atoms with E-state index in [9.17, 15) is 10.1 Å². The lowest BCUT2D eigenvalue weighted by molar-refractivity contribution is 0.0978. The molecule has 0 aliphatic carbocycles. The summed E-state index contributed by atoms with van der Waals surface area (Å²) in [6.07, 6.45) is 0. The SMILES string of the molecule is Cc1ccc(C(C#N)C(=O)c2cc(Br)ccc2C)cc1. The van der Waals surface area contributed by atoms with E-state index in [2.05, 4.69) is 22.0 Å². The van der Waals surface area contributed by atoms with Crippen LogP contribution in [0.3, 0.4) is 0 Å². The highest BCUT2D eigenvalue weighted by Gasteiger charge is 2.23. The fourth-order valence-electron chi connectivity index (χ4n) is 2.06. The van der Waals surface area contributed by atoms with Crippen molar-refractivity contribution < 1.29 is 4.79 Å². The molecule has 3 heteroatoms. The topological polar surface area (TPSA) is 40.9 Å². The van der Waals surface area contributed by atoms with Gasteiger partial charge in [0.1, 0.15) is 5.92 Å². The van der Waals surface area contributed by atoms with Crippen LogP contribution in [0.4, 0.5) is 0 Å². The molecular formula is C17H14BrNO. The molecule has 0 radical (unpaired) electrons. The molecule has 2 nitrogen and oxygen atoms in total. The molecule has 0 N–H and O–H groups in total. The van der Waals surface area contributed by atoms with Crippen molar-refractivity contribution >= 4 is 21.7 Å². The van der Waals surface area contributed by atoms with Crippen molar-refractivity contribution in [3.05, 3.63) is 69.2 Å². The predicted molar refractivity (Wildman–Crippen MR) is 82.7 cm³/mol. The molecule has 1 unspecified atom stereocenters. The molecule has 0 heterocycles. The smallest absolute Gasteiger partial charge is 0.184 e. The summed E-state index contributed by atoms with van der Waals surface area (Å²) in [6.45, 7) is 3.86. The Morgan fingerprint density at radius 1 is 1.15 bits per heavy atom. The monoisotopic (exact) mass is 327 g/mol. The fraction of sp³-hybridized carbons (Fsp3) is 0.176. The van der Waals surface area contributed by atoms with Crippen molar-refractivity contribution in [2.45, 2.75) is 19.8 Å². The molecule has 0 aliphatic rings. The van der Waals surface area contributed by atoms with Gasteiger partial charge in [-0.3, -0.25) is 4.79 Å². The molecule has 0 fully saturated rings. The van der Waals surface area contributed by atoms with Gasteiger partial charge in [0, 0.05) is 10.0 Å². The quantitative estimate of drug-likeness (QED) is 0.775. The van der Waals surface area contributed by atoms with Crippen LogP contribution in [0.5, 0.6) is 0 Å². The van der Waals surface area contributed by atoms with Gasteiger partial charge >= 0.3 is 0 Å². The van der Waals surface area contributed by atoms with E-state index in [1.807, 2.05) is 50.2 Å². The zero-order chi connectivity index (χ0) is 14.7. The highest BCUT2D eigenvalue weighted by Crippen LogP contribution is 2.25. The van der Waals surface area contributed by atoms with Gasteiger partial charge in [0.05, 0.1) is 6.07 Å². The Labute approximate surface area is 127 Å². The molecule has 2 aromatic carbocycles. The van der Waals surface area contributed by atoms with Crippen LogP contribution in [-0.4, -0.2) is 5.78 Å². The van der Waals surface area contributed by atoms with Gasteiger partial charge in [-0.2, -0.15) is 5.26 Å². The van der Waals surface area contributed by atoms with Gasteiger partial charge in [0.15, 0.2) is 5.78 Å². The van der Waals surface area contributed by atoms with Gasteiger partial charge in [0.25, 0.3) is 0 Å². The van der Waals surface area contributed by atoms with E-state index < -0.39 is 5.92 Å². The van der Waals surface area contributed by atoms with Crippen LogP contribution >= 0.6 is 15.9 Å². The van der Waals surface area contributed by atoms with E-state index in [0.29, 0.717) is 5.56 Å². The number of benzene rings is 2. The van der Waals surface area contributed by atoms with Crippen molar-refractivity contribution in [2.75, 3.05) is 0 Å². The first kappa shape index (κ1) is 14.5. The molecule has 1 atom stereocenters. The lowest BCUT2D eigenvalue weighted by Crippen LogP contribution is -2.12. The second-order valence-corrected chi connectivity index (χ2v) is 5.71. The third-order valence-electron chi connectivity index (χ3n) is 3.27. The highest BCUT2D eigenvalue weighted by atomic mass is 79.9. The van der Waals surface area contributed by atoms with E-state index in [4.69, 9.17) is 0 Å². The normalized spacial score (nSPS) is 11.7. The van der Waals surface area contributed by atoms with Gasteiger partial charge in [-0.05, 0) is 37.1 Å². The summed E-state index contributed by atoms with van der Waals surface area (Å²) < 4.78 is 0.840. The largest absolute Gasteiger partial charge is 0.292 e. The molecule has 0 aromatic heterocycles. The molecule has 2 rings (SSSR count). The molecule has 0 aliphatic heterocycles. The summed E-state index contributed by atoms with van der Waals surface area (Å²) in [4.78, 5) is 12.6. The number of nitriles is 1. The fourth-order valence-corrected chi connectivity index (χ4v) is 2.42. The molecule has 20 heavy (non-hydrogen) atoms. The van der Waals surface area contributed by atoms with Crippen molar-refractivity contribution in [1.29, 1.82) is 5.26 Å². The van der Waals surface area contributed by atoms with Gasteiger partial charge < -0.3 is 0 Å². The number of carbonyl (C=O) groups excluding carboxylic acids is 1. The van der Waals surface area contributed by atoms with Crippen LogP contribution in [0.15, 0.2) is 46.9 Å². The van der Waals surface area contributed by atoms with E-state index in [-0.39, 0.29) is 5.78 Å². The molecular weight excluding hydrogens is 314 g/mol. The number of hydrogen-bond acceptors (Lipinski definition) is 2. The van der Waals surface area contributed by atoms with Gasteiger partial charge in [-0.1, -0.05) is 51.8 Å². The minimum Gasteiger partial charge on any atom is -0.292 e. The predicted octanol–water partition coefficient (Wildman–Crippen LogP) is 4.56. The Morgan fingerprint density at radius 2 is 1.80 bits per heavy atom. The molecule has 0 amide bonds. The lowest BCUT2D eigenvalue weighted by atomic mass is 9.89. The zero-order valence-corrected chi connectivity index (χ0v) is 12.9. The second kappa shape index (κ2) is 6.02. The Balaban J connectivity index is 2.42. The Bertz CT molecular complexity index is 683. The van der Waals surface area contributed by atoms with Crippen LogP contribution in [0.2, 0.25) is 0 Å². The maximum Gasteiger partial charge on any atom is 0.184 e. The first-order valence-corrected chi connectivity index (χ1v) is 7.09. The molecule has 2 aromatic rings. The minimum absolute atomic E-state index is 0.157. The number of ketones is 1. The maximum atomic E-state index is 12.6. The van der Waals surface area contributed by atoms with E-state index in [1.54, 1.807) is 6.07 Å². The summed E-state index contributed by atoms with van der Waals surface area (Å²) in [5.74, 6) is -0.918. The van der Waals surface area contributed by atoms with E-state index in [1.165, 1.54) is 0 Å². The number of Topliss-reactive ketones (excluding diaryl/α,β-unsaturated/α-hetero) is 1. The number of hydrogen-bond donors (Lipinski definition) is 0. The number of carbonyl (C=O) groups is 1. The summed E-state index contributed by atoms with van der Waals surface area (Å²) in [7, 11) is 0. The molecule has 0 spiro atoms. The Morgan fingerprint density at radius 3 is 2.40 bits per heavy atom. The zero-order valence-electron chi connectivity index (χ0n) is 11.4.